The van der Waals surface area contributed by atoms with Gasteiger partial charge in [0.15, 0.2) is 11.6 Å². The van der Waals surface area contributed by atoms with Gasteiger partial charge in [0.2, 0.25) is 0 Å². The van der Waals surface area contributed by atoms with E-state index in [1.165, 1.54) is 25.0 Å². The summed E-state index contributed by atoms with van der Waals surface area (Å²) >= 11 is 0. The largest absolute Gasteiger partial charge is 0.482 e. The molecule has 0 radical (unpaired) electrons. The number of ether oxygens (including phenoxy) is 1. The summed E-state index contributed by atoms with van der Waals surface area (Å²) in [6.45, 7) is 2.73. The van der Waals surface area contributed by atoms with Crippen LogP contribution in [0.2, 0.25) is 0 Å². The van der Waals surface area contributed by atoms with E-state index in [1.807, 2.05) is 19.2 Å². The van der Waals surface area contributed by atoms with Crippen molar-refractivity contribution in [3.8, 4) is 28.3 Å². The summed E-state index contributed by atoms with van der Waals surface area (Å²) in [6, 6.07) is 6.56. The lowest BCUT2D eigenvalue weighted by Gasteiger charge is -2.20. The molecule has 2 N–H and O–H groups in total. The Morgan fingerprint density at radius 2 is 2.03 bits per heavy atom. The van der Waals surface area contributed by atoms with Crippen LogP contribution >= 0.6 is 0 Å². The van der Waals surface area contributed by atoms with E-state index in [0.29, 0.717) is 29.3 Å². The molecule has 2 aliphatic rings. The summed E-state index contributed by atoms with van der Waals surface area (Å²) in [7, 11) is 1.79. The van der Waals surface area contributed by atoms with Crippen molar-refractivity contribution in [2.75, 3.05) is 5.73 Å². The van der Waals surface area contributed by atoms with Gasteiger partial charge in [-0.2, -0.15) is 20.1 Å². The Bertz CT molecular complexity index is 1370. The minimum atomic E-state index is -0.486. The first-order valence-corrected chi connectivity index (χ1v) is 11.1. The fraction of sp³-hybridized carbons (Fsp3) is 0.333. The molecule has 0 saturated heterocycles. The third kappa shape index (κ3) is 3.53. The fourth-order valence-electron chi connectivity index (χ4n) is 4.55. The lowest BCUT2D eigenvalue weighted by molar-refractivity contribution is 0.227. The molecule has 1 atom stereocenters. The molecule has 4 heterocycles. The zero-order chi connectivity index (χ0) is 22.7. The van der Waals surface area contributed by atoms with Crippen molar-refractivity contribution in [3.05, 3.63) is 59.3 Å². The minimum Gasteiger partial charge on any atom is -0.482 e. The molecular formula is C24H24FN7O. The number of nitrogen functional groups attached to an aromatic ring is 1. The Kier molecular flexibility index (Phi) is 4.46. The number of rotatable bonds is 2. The molecule has 1 aromatic carbocycles. The molecule has 3 aromatic heterocycles. The summed E-state index contributed by atoms with van der Waals surface area (Å²) in [5.74, 6) is 1.06. The van der Waals surface area contributed by atoms with Crippen LogP contribution in [0.25, 0.3) is 22.5 Å². The van der Waals surface area contributed by atoms with Gasteiger partial charge < -0.3 is 10.5 Å². The van der Waals surface area contributed by atoms with E-state index in [-0.39, 0.29) is 11.6 Å². The number of fused-ring (bicyclic) bond motifs is 7. The van der Waals surface area contributed by atoms with Gasteiger partial charge in [-0.3, -0.25) is 4.68 Å². The summed E-state index contributed by atoms with van der Waals surface area (Å²) in [6.07, 6.45) is 6.15. The van der Waals surface area contributed by atoms with E-state index in [9.17, 15) is 4.39 Å². The highest BCUT2D eigenvalue weighted by Gasteiger charge is 2.27. The SMILES string of the molecule is CC1Oc2cc(cnc2N)-c2c(cnn2CC2CC2)Cc2nn(C)nc2-c2ccc(F)cc21. The van der Waals surface area contributed by atoms with Gasteiger partial charge in [0, 0.05) is 48.5 Å². The molecule has 33 heavy (non-hydrogen) atoms. The van der Waals surface area contributed by atoms with Crippen molar-refractivity contribution >= 4 is 5.82 Å². The van der Waals surface area contributed by atoms with Crippen molar-refractivity contribution in [2.45, 2.75) is 38.8 Å². The van der Waals surface area contributed by atoms with Gasteiger partial charge in [0.25, 0.3) is 0 Å². The maximum absolute atomic E-state index is 14.3. The predicted molar refractivity (Wildman–Crippen MR) is 121 cm³/mol. The summed E-state index contributed by atoms with van der Waals surface area (Å²) in [4.78, 5) is 5.96. The quantitative estimate of drug-likeness (QED) is 0.502. The Morgan fingerprint density at radius 3 is 2.85 bits per heavy atom. The molecule has 0 amide bonds. The number of pyridine rings is 1. The third-order valence-electron chi connectivity index (χ3n) is 6.35. The van der Waals surface area contributed by atoms with E-state index < -0.39 is 6.10 Å². The molecule has 9 heteroatoms. The number of nitrogens with zero attached hydrogens (tertiary/aromatic N) is 6. The molecule has 1 aliphatic carbocycles. The number of nitrogens with two attached hydrogens (primary N) is 1. The topological polar surface area (TPSA) is 96.7 Å². The highest BCUT2D eigenvalue weighted by atomic mass is 19.1. The average Bonchev–Trinajstić information content (AvgIpc) is 3.41. The first kappa shape index (κ1) is 19.9. The minimum absolute atomic E-state index is 0.288. The molecule has 168 valence electrons. The highest BCUT2D eigenvalue weighted by molar-refractivity contribution is 5.71. The maximum Gasteiger partial charge on any atom is 0.166 e. The number of hydrogen-bond acceptors (Lipinski definition) is 6. The van der Waals surface area contributed by atoms with E-state index in [2.05, 4.69) is 19.9 Å². The molecule has 2 bridgehead atoms. The fourth-order valence-corrected chi connectivity index (χ4v) is 4.55. The van der Waals surface area contributed by atoms with Crippen LogP contribution in [0, 0.1) is 11.7 Å². The molecule has 1 unspecified atom stereocenters. The van der Waals surface area contributed by atoms with Crippen LogP contribution in [-0.2, 0) is 20.0 Å². The number of aryl methyl sites for hydroxylation is 1. The second-order valence-corrected chi connectivity index (χ2v) is 8.90. The van der Waals surface area contributed by atoms with Crippen LogP contribution in [0.15, 0.2) is 36.7 Å². The van der Waals surface area contributed by atoms with Crippen LogP contribution in [0.5, 0.6) is 5.75 Å². The van der Waals surface area contributed by atoms with Crippen molar-refractivity contribution in [2.24, 2.45) is 13.0 Å². The lowest BCUT2D eigenvalue weighted by atomic mass is 9.96. The van der Waals surface area contributed by atoms with Gasteiger partial charge in [-0.05, 0) is 49.9 Å². The standard InChI is InChI=1S/C24H24FN7O/c1-13-19-9-17(25)5-6-18(19)22-20(29-31(2)30-22)7-15-11-28-32(12-14-3-4-14)23(15)16-8-21(33-13)24(26)27-10-16/h5-6,8-11,13-14H,3-4,7,12H2,1-2H3,(H2,26,27). The van der Waals surface area contributed by atoms with Crippen LogP contribution in [0.1, 0.15) is 42.7 Å². The molecule has 1 fully saturated rings. The van der Waals surface area contributed by atoms with Gasteiger partial charge in [-0.1, -0.05) is 0 Å². The number of hydrogen-bond donors (Lipinski definition) is 1. The molecule has 1 aliphatic heterocycles. The number of aromatic nitrogens is 6. The average molecular weight is 446 g/mol. The predicted octanol–water partition coefficient (Wildman–Crippen LogP) is 3.92. The number of benzene rings is 1. The molecule has 6 rings (SSSR count). The first-order chi connectivity index (χ1) is 16.0. The van der Waals surface area contributed by atoms with Gasteiger partial charge in [0.1, 0.15) is 17.6 Å². The first-order valence-electron chi connectivity index (χ1n) is 11.1. The van der Waals surface area contributed by atoms with Crippen molar-refractivity contribution in [1.29, 1.82) is 0 Å². The van der Waals surface area contributed by atoms with Crippen LogP contribution in [0.3, 0.4) is 0 Å². The van der Waals surface area contributed by atoms with Crippen LogP contribution < -0.4 is 10.5 Å². The second kappa shape index (κ2) is 7.40. The summed E-state index contributed by atoms with van der Waals surface area (Å²) in [5.41, 5.74) is 12.0. The monoisotopic (exact) mass is 445 g/mol. The van der Waals surface area contributed by atoms with Gasteiger partial charge in [-0.25, -0.2) is 9.37 Å². The van der Waals surface area contributed by atoms with E-state index in [4.69, 9.17) is 15.6 Å². The van der Waals surface area contributed by atoms with Gasteiger partial charge >= 0.3 is 0 Å². The molecule has 1 saturated carbocycles. The Balaban J connectivity index is 1.60. The zero-order valence-corrected chi connectivity index (χ0v) is 18.5. The Morgan fingerprint density at radius 1 is 1.18 bits per heavy atom. The molecule has 8 nitrogen and oxygen atoms in total. The number of anilines is 1. The van der Waals surface area contributed by atoms with Crippen molar-refractivity contribution in [1.82, 2.24) is 29.8 Å². The van der Waals surface area contributed by atoms with Crippen molar-refractivity contribution in [3.63, 3.8) is 0 Å². The van der Waals surface area contributed by atoms with E-state index in [1.54, 1.807) is 24.1 Å². The number of halogens is 1. The van der Waals surface area contributed by atoms with Gasteiger partial charge in [0.05, 0.1) is 17.6 Å². The summed E-state index contributed by atoms with van der Waals surface area (Å²) < 4.78 is 22.6. The van der Waals surface area contributed by atoms with Crippen molar-refractivity contribution < 1.29 is 9.13 Å². The second-order valence-electron chi connectivity index (χ2n) is 8.90. The Hall–Kier alpha value is -3.75. The molecular weight excluding hydrogens is 421 g/mol. The molecule has 4 aromatic rings. The smallest absolute Gasteiger partial charge is 0.166 e. The zero-order valence-electron chi connectivity index (χ0n) is 18.5. The van der Waals surface area contributed by atoms with Gasteiger partial charge in [-0.15, -0.1) is 0 Å². The third-order valence-corrected chi connectivity index (χ3v) is 6.35. The molecule has 0 spiro atoms. The van der Waals surface area contributed by atoms with Crippen LogP contribution in [-0.4, -0.2) is 29.8 Å². The van der Waals surface area contributed by atoms with Crippen LogP contribution in [0.4, 0.5) is 10.2 Å². The normalized spacial score (nSPS) is 17.2. The maximum atomic E-state index is 14.3. The van der Waals surface area contributed by atoms with E-state index in [0.717, 1.165) is 34.6 Å². The Labute approximate surface area is 190 Å². The lowest BCUT2D eigenvalue weighted by Crippen LogP contribution is -2.10. The highest BCUT2D eigenvalue weighted by Crippen LogP contribution is 2.39. The van der Waals surface area contributed by atoms with E-state index >= 15 is 0 Å². The summed E-state index contributed by atoms with van der Waals surface area (Å²) in [5, 5.41) is 14.0.